The van der Waals surface area contributed by atoms with Crippen LogP contribution in [0, 0.1) is 0 Å². The van der Waals surface area contributed by atoms with Gasteiger partial charge >= 0.3 is 5.97 Å². The molecule has 0 aromatic heterocycles. The summed E-state index contributed by atoms with van der Waals surface area (Å²) in [7, 11) is -3.07. The van der Waals surface area contributed by atoms with Crippen LogP contribution in [-0.2, 0) is 24.2 Å². The van der Waals surface area contributed by atoms with Gasteiger partial charge in [0.25, 0.3) is 5.91 Å². The highest BCUT2D eigenvalue weighted by molar-refractivity contribution is 7.99. The van der Waals surface area contributed by atoms with E-state index < -0.39 is 34.4 Å². The number of hydrogen-bond acceptors (Lipinski definition) is 7. The van der Waals surface area contributed by atoms with Crippen molar-refractivity contribution in [3.63, 3.8) is 0 Å². The van der Waals surface area contributed by atoms with Gasteiger partial charge in [-0.25, -0.2) is 8.42 Å². The first-order valence-electron chi connectivity index (χ1n) is 9.70. The second kappa shape index (κ2) is 8.69. The van der Waals surface area contributed by atoms with Gasteiger partial charge in [0.1, 0.15) is 0 Å². The van der Waals surface area contributed by atoms with Gasteiger partial charge in [-0.05, 0) is 30.7 Å². The van der Waals surface area contributed by atoms with Crippen molar-refractivity contribution >= 4 is 44.9 Å². The minimum Gasteiger partial charge on any atom is -0.456 e. The number of amides is 1. The average molecular weight is 447 g/mol. The summed E-state index contributed by atoms with van der Waals surface area (Å²) in [5.41, 5.74) is 2.07. The summed E-state index contributed by atoms with van der Waals surface area (Å²) in [6.07, 6.45) is 0.520. The van der Waals surface area contributed by atoms with E-state index in [0.717, 1.165) is 21.2 Å². The van der Waals surface area contributed by atoms with E-state index in [4.69, 9.17) is 4.74 Å². The number of fused-ring (bicyclic) bond motifs is 2. The van der Waals surface area contributed by atoms with Gasteiger partial charge in [0.15, 0.2) is 16.4 Å². The number of esters is 1. The first kappa shape index (κ1) is 20.7. The molecule has 1 saturated heterocycles. The Labute approximate surface area is 179 Å². The smallest absolute Gasteiger partial charge is 0.308 e. The van der Waals surface area contributed by atoms with E-state index in [9.17, 15) is 18.0 Å². The molecule has 0 unspecified atom stereocenters. The zero-order valence-corrected chi connectivity index (χ0v) is 17.9. The van der Waals surface area contributed by atoms with Crippen LogP contribution in [0.3, 0.4) is 0 Å². The fraction of sp³-hybridized carbons (Fsp3) is 0.333. The number of hydrogen-bond donors (Lipinski definition) is 1. The second-order valence-corrected chi connectivity index (χ2v) is 10.6. The van der Waals surface area contributed by atoms with Gasteiger partial charge in [-0.1, -0.05) is 36.0 Å². The van der Waals surface area contributed by atoms with Crippen LogP contribution in [0.5, 0.6) is 0 Å². The molecule has 2 aliphatic rings. The summed E-state index contributed by atoms with van der Waals surface area (Å²) < 4.78 is 28.0. The van der Waals surface area contributed by atoms with Crippen LogP contribution in [0.4, 0.5) is 11.4 Å². The number of para-hydroxylation sites is 2. The summed E-state index contributed by atoms with van der Waals surface area (Å²) in [4.78, 5) is 28.5. The van der Waals surface area contributed by atoms with E-state index in [2.05, 4.69) is 22.3 Å². The van der Waals surface area contributed by atoms with Gasteiger partial charge in [-0.3, -0.25) is 9.59 Å². The molecule has 4 rings (SSSR count). The molecule has 30 heavy (non-hydrogen) atoms. The van der Waals surface area contributed by atoms with Gasteiger partial charge in [0.2, 0.25) is 0 Å². The molecule has 2 aromatic rings. The predicted octanol–water partition coefficient (Wildman–Crippen LogP) is 2.53. The molecule has 0 radical (unpaired) electrons. The predicted molar refractivity (Wildman–Crippen MR) is 115 cm³/mol. The summed E-state index contributed by atoms with van der Waals surface area (Å²) in [5, 5.41) is 2.61. The largest absolute Gasteiger partial charge is 0.456 e. The Hall–Kier alpha value is -2.52. The highest BCUT2D eigenvalue weighted by Gasteiger charge is 2.29. The molecular formula is C21H22N2O5S2. The van der Waals surface area contributed by atoms with Crippen LogP contribution in [0.15, 0.2) is 58.3 Å². The molecule has 1 amide bonds. The number of benzene rings is 2. The standard InChI is InChI=1S/C21H22N2O5S2/c24-20(22-15-10-12-30(26,27)14-15)13-28-21(25)9-11-23-16-5-1-3-7-18(16)29-19-8-4-2-6-17(19)23/h1-8,15H,9-14H2,(H,22,24)/t15-/m0/s1. The zero-order valence-electron chi connectivity index (χ0n) is 16.2. The van der Waals surface area contributed by atoms with E-state index in [1.54, 1.807) is 11.8 Å². The Morgan fingerprint density at radius 3 is 2.30 bits per heavy atom. The number of nitrogens with one attached hydrogen (secondary N) is 1. The Morgan fingerprint density at radius 2 is 1.70 bits per heavy atom. The number of ether oxygens (including phenoxy) is 1. The fourth-order valence-electron chi connectivity index (χ4n) is 3.62. The molecular weight excluding hydrogens is 424 g/mol. The van der Waals surface area contributed by atoms with Crippen molar-refractivity contribution in [1.29, 1.82) is 0 Å². The summed E-state index contributed by atoms with van der Waals surface area (Å²) in [5.74, 6) is -0.930. The fourth-order valence-corrected chi connectivity index (χ4v) is 6.39. The first-order chi connectivity index (χ1) is 14.4. The third-order valence-electron chi connectivity index (χ3n) is 5.03. The Morgan fingerprint density at radius 1 is 1.07 bits per heavy atom. The molecule has 0 bridgehead atoms. The number of carbonyl (C=O) groups is 2. The number of rotatable bonds is 6. The minimum absolute atomic E-state index is 0.0571. The van der Waals surface area contributed by atoms with Crippen LogP contribution < -0.4 is 10.2 Å². The van der Waals surface area contributed by atoms with Crippen molar-refractivity contribution in [2.24, 2.45) is 0 Å². The Bertz CT molecular complexity index is 1030. The molecule has 1 fully saturated rings. The van der Waals surface area contributed by atoms with Gasteiger partial charge in [-0.2, -0.15) is 0 Å². The van der Waals surface area contributed by atoms with E-state index in [1.807, 2.05) is 36.4 Å². The SMILES string of the molecule is O=C(COC(=O)CCN1c2ccccc2Sc2ccccc21)N[C@H]1CCS(=O)(=O)C1. The maximum absolute atomic E-state index is 12.2. The normalized spacial score (nSPS) is 18.9. The average Bonchev–Trinajstić information content (AvgIpc) is 3.07. The molecule has 158 valence electrons. The Balaban J connectivity index is 1.32. The van der Waals surface area contributed by atoms with Gasteiger partial charge < -0.3 is 15.0 Å². The van der Waals surface area contributed by atoms with Crippen molar-refractivity contribution in [1.82, 2.24) is 5.32 Å². The van der Waals surface area contributed by atoms with Crippen molar-refractivity contribution < 1.29 is 22.7 Å². The topological polar surface area (TPSA) is 92.8 Å². The van der Waals surface area contributed by atoms with Crippen molar-refractivity contribution in [3.8, 4) is 0 Å². The lowest BCUT2D eigenvalue weighted by Crippen LogP contribution is -2.38. The van der Waals surface area contributed by atoms with Gasteiger partial charge in [0, 0.05) is 22.4 Å². The number of nitrogens with zero attached hydrogens (tertiary/aromatic N) is 1. The zero-order chi connectivity index (χ0) is 21.1. The van der Waals surface area contributed by atoms with E-state index in [1.165, 1.54) is 0 Å². The van der Waals surface area contributed by atoms with E-state index in [0.29, 0.717) is 13.0 Å². The second-order valence-electron chi connectivity index (χ2n) is 7.27. The lowest BCUT2D eigenvalue weighted by Gasteiger charge is -2.32. The highest BCUT2D eigenvalue weighted by Crippen LogP contribution is 2.47. The molecule has 0 spiro atoms. The van der Waals surface area contributed by atoms with Gasteiger partial charge in [-0.15, -0.1) is 0 Å². The molecule has 0 saturated carbocycles. The number of carbonyl (C=O) groups excluding carboxylic acids is 2. The van der Waals surface area contributed by atoms with Crippen LogP contribution in [0.2, 0.25) is 0 Å². The third kappa shape index (κ3) is 4.79. The molecule has 1 atom stereocenters. The van der Waals surface area contributed by atoms with Crippen LogP contribution >= 0.6 is 11.8 Å². The third-order valence-corrected chi connectivity index (χ3v) is 7.93. The minimum atomic E-state index is -3.07. The molecule has 2 aromatic carbocycles. The van der Waals surface area contributed by atoms with Crippen LogP contribution in [0.1, 0.15) is 12.8 Å². The maximum Gasteiger partial charge on any atom is 0.308 e. The lowest BCUT2D eigenvalue weighted by atomic mass is 10.2. The molecule has 1 N–H and O–H groups in total. The summed E-state index contributed by atoms with van der Waals surface area (Å²) in [6, 6.07) is 15.6. The number of sulfone groups is 1. The summed E-state index contributed by atoms with van der Waals surface area (Å²) in [6.45, 7) is 0.0221. The molecule has 7 nitrogen and oxygen atoms in total. The van der Waals surface area contributed by atoms with Crippen molar-refractivity contribution in [2.75, 3.05) is 29.6 Å². The lowest BCUT2D eigenvalue weighted by molar-refractivity contribution is -0.148. The molecule has 2 aliphatic heterocycles. The Kier molecular flexibility index (Phi) is 6.01. The monoisotopic (exact) mass is 446 g/mol. The first-order valence-corrected chi connectivity index (χ1v) is 12.3. The quantitative estimate of drug-likeness (QED) is 0.682. The van der Waals surface area contributed by atoms with E-state index >= 15 is 0 Å². The maximum atomic E-state index is 12.2. The molecule has 0 aliphatic carbocycles. The molecule has 2 heterocycles. The molecule has 9 heteroatoms. The van der Waals surface area contributed by atoms with Crippen LogP contribution in [0.25, 0.3) is 0 Å². The van der Waals surface area contributed by atoms with Gasteiger partial charge in [0.05, 0.1) is 29.3 Å². The number of anilines is 2. The van der Waals surface area contributed by atoms with Crippen molar-refractivity contribution in [2.45, 2.75) is 28.7 Å². The van der Waals surface area contributed by atoms with E-state index in [-0.39, 0.29) is 17.9 Å². The van der Waals surface area contributed by atoms with Crippen molar-refractivity contribution in [3.05, 3.63) is 48.5 Å². The highest BCUT2D eigenvalue weighted by atomic mass is 32.2. The van der Waals surface area contributed by atoms with Crippen LogP contribution in [-0.4, -0.2) is 51.0 Å². The summed E-state index contributed by atoms with van der Waals surface area (Å²) >= 11 is 1.70.